The molecule has 1 aromatic heterocycles. The summed E-state index contributed by atoms with van der Waals surface area (Å²) < 4.78 is 5.77. The average molecular weight is 372 g/mol. The number of oxazole rings is 1. The van der Waals surface area contributed by atoms with Crippen LogP contribution in [-0.4, -0.2) is 16.1 Å². The molecule has 0 radical (unpaired) electrons. The molecule has 1 heterocycles. The van der Waals surface area contributed by atoms with Crippen molar-refractivity contribution in [1.29, 1.82) is 0 Å². The number of rotatable bonds is 4. The predicted molar refractivity (Wildman–Crippen MR) is 104 cm³/mol. The Balaban J connectivity index is 1.59. The number of hydrogen-bond donors (Lipinski definition) is 0. The smallest absolute Gasteiger partial charge is 0.262 e. The number of fused-ring (bicyclic) bond motifs is 1. The van der Waals surface area contributed by atoms with Gasteiger partial charge in [0.2, 0.25) is 5.89 Å². The summed E-state index contributed by atoms with van der Waals surface area (Å²) in [6.07, 6.45) is 1.33. The lowest BCUT2D eigenvalue weighted by Gasteiger charge is -2.09. The summed E-state index contributed by atoms with van der Waals surface area (Å²) in [5.41, 5.74) is 3.71. The number of hydrogen-bond acceptors (Lipinski definition) is 6. The van der Waals surface area contributed by atoms with Gasteiger partial charge in [-0.1, -0.05) is 18.2 Å². The minimum Gasteiger partial charge on any atom is -0.867 e. The molecule has 0 atom stereocenters. The van der Waals surface area contributed by atoms with Crippen LogP contribution in [0.15, 0.2) is 70.1 Å². The fourth-order valence-electron chi connectivity index (χ4n) is 2.78. The van der Waals surface area contributed by atoms with Crippen molar-refractivity contribution < 1.29 is 14.4 Å². The predicted octanol–water partition coefficient (Wildman–Crippen LogP) is 4.54. The molecule has 7 nitrogen and oxygen atoms in total. The summed E-state index contributed by atoms with van der Waals surface area (Å²) >= 11 is 0. The normalized spacial score (nSPS) is 11.3. The van der Waals surface area contributed by atoms with Gasteiger partial charge in [0.05, 0.1) is 10.6 Å². The fourth-order valence-corrected chi connectivity index (χ4v) is 2.78. The number of aliphatic imine (C=N–C) groups is 1. The molecule has 0 aliphatic heterocycles. The van der Waals surface area contributed by atoms with Gasteiger partial charge in [-0.25, -0.2) is 4.98 Å². The summed E-state index contributed by atoms with van der Waals surface area (Å²) in [6, 6.07) is 17.1. The van der Waals surface area contributed by atoms with Gasteiger partial charge >= 0.3 is 0 Å². The molecule has 0 aliphatic carbocycles. The van der Waals surface area contributed by atoms with Crippen molar-refractivity contribution in [3.05, 3.63) is 81.9 Å². The first-order valence-electron chi connectivity index (χ1n) is 8.47. The second kappa shape index (κ2) is 6.96. The maximum absolute atomic E-state index is 12.0. The molecule has 28 heavy (non-hydrogen) atoms. The molecule has 0 spiro atoms. The molecule has 7 heteroatoms. The van der Waals surface area contributed by atoms with Gasteiger partial charge in [-0.2, -0.15) is 0 Å². The van der Waals surface area contributed by atoms with Crippen molar-refractivity contribution in [3.8, 4) is 17.2 Å². The zero-order valence-electron chi connectivity index (χ0n) is 14.8. The number of aromatic nitrogens is 1. The Labute approximate surface area is 159 Å². The fraction of sp³-hybridized carbons (Fsp3) is 0.0476. The highest BCUT2D eigenvalue weighted by Crippen LogP contribution is 2.28. The largest absolute Gasteiger partial charge is 0.867 e. The SMILES string of the molecule is Cc1ccc2oc(-c3ccc(N=Cc4cccc([N+](=O)[O-])c4[O-])cc3)nc2c1. The first-order chi connectivity index (χ1) is 13.5. The van der Waals surface area contributed by atoms with Gasteiger partial charge in [-0.05, 0) is 60.2 Å². The van der Waals surface area contributed by atoms with Crippen molar-refractivity contribution in [2.45, 2.75) is 6.92 Å². The number of para-hydroxylation sites is 1. The summed E-state index contributed by atoms with van der Waals surface area (Å²) in [6.45, 7) is 2.00. The average Bonchev–Trinajstić information content (AvgIpc) is 3.10. The standard InChI is InChI=1S/C21H15N3O4/c1-13-5-10-19-17(11-13)23-21(28-19)14-6-8-16(9-7-14)22-12-15-3-2-4-18(20(15)25)24(26)27/h2-12,25H,1H3/p-1. The van der Waals surface area contributed by atoms with Crippen LogP contribution in [0.4, 0.5) is 11.4 Å². The van der Waals surface area contributed by atoms with E-state index >= 15 is 0 Å². The molecule has 0 bridgehead atoms. The maximum atomic E-state index is 12.0. The molecule has 0 amide bonds. The third kappa shape index (κ3) is 3.33. The third-order valence-corrected chi connectivity index (χ3v) is 4.23. The van der Waals surface area contributed by atoms with Gasteiger partial charge in [-0.15, -0.1) is 0 Å². The molecule has 3 aromatic carbocycles. The highest BCUT2D eigenvalue weighted by molar-refractivity contribution is 5.87. The molecule has 4 rings (SSSR count). The van der Waals surface area contributed by atoms with E-state index in [1.54, 1.807) is 12.1 Å². The van der Waals surface area contributed by atoms with E-state index in [-0.39, 0.29) is 5.56 Å². The number of aryl methyl sites for hydroxylation is 1. The molecule has 138 valence electrons. The zero-order valence-corrected chi connectivity index (χ0v) is 14.8. The highest BCUT2D eigenvalue weighted by Gasteiger charge is 2.09. The molecular weight excluding hydrogens is 358 g/mol. The van der Waals surface area contributed by atoms with Gasteiger partial charge in [0.25, 0.3) is 5.69 Å². The molecule has 4 aromatic rings. The van der Waals surface area contributed by atoms with E-state index in [0.29, 0.717) is 11.6 Å². The van der Waals surface area contributed by atoms with Gasteiger partial charge in [0, 0.05) is 17.8 Å². The second-order valence-corrected chi connectivity index (χ2v) is 6.25. The Kier molecular flexibility index (Phi) is 4.33. The molecule has 0 saturated carbocycles. The van der Waals surface area contributed by atoms with Crippen molar-refractivity contribution in [1.82, 2.24) is 4.98 Å². The Bertz CT molecular complexity index is 1210. The van der Waals surface area contributed by atoms with Gasteiger partial charge < -0.3 is 9.52 Å². The van der Waals surface area contributed by atoms with Gasteiger partial charge in [0.1, 0.15) is 5.52 Å². The molecule has 0 fully saturated rings. The Morgan fingerprint density at radius 3 is 2.64 bits per heavy atom. The van der Waals surface area contributed by atoms with Crippen LogP contribution in [0.2, 0.25) is 0 Å². The molecule has 0 aliphatic rings. The van der Waals surface area contributed by atoms with E-state index < -0.39 is 16.4 Å². The minimum absolute atomic E-state index is 0.160. The van der Waals surface area contributed by atoms with Crippen LogP contribution in [0.5, 0.6) is 5.75 Å². The summed E-state index contributed by atoms with van der Waals surface area (Å²) in [5, 5.41) is 22.9. The lowest BCUT2D eigenvalue weighted by Crippen LogP contribution is -2.01. The van der Waals surface area contributed by atoms with Crippen LogP contribution in [0.1, 0.15) is 11.1 Å². The molecule has 0 N–H and O–H groups in total. The van der Waals surface area contributed by atoms with Crippen molar-refractivity contribution in [2.75, 3.05) is 0 Å². The topological polar surface area (TPSA) is 105 Å². The monoisotopic (exact) mass is 372 g/mol. The lowest BCUT2D eigenvalue weighted by molar-refractivity contribution is -0.398. The van der Waals surface area contributed by atoms with E-state index in [0.717, 1.165) is 22.2 Å². The number of nitro groups is 1. The van der Waals surface area contributed by atoms with E-state index in [1.165, 1.54) is 24.4 Å². The summed E-state index contributed by atoms with van der Waals surface area (Å²) in [7, 11) is 0. The summed E-state index contributed by atoms with van der Waals surface area (Å²) in [5.74, 6) is -0.147. The number of nitro benzene ring substituents is 1. The van der Waals surface area contributed by atoms with Crippen LogP contribution in [0.3, 0.4) is 0 Å². The first-order valence-corrected chi connectivity index (χ1v) is 8.47. The van der Waals surface area contributed by atoms with Crippen molar-refractivity contribution in [2.24, 2.45) is 4.99 Å². The van der Waals surface area contributed by atoms with E-state index in [2.05, 4.69) is 9.98 Å². The maximum Gasteiger partial charge on any atom is 0.262 e. The number of nitrogens with zero attached hydrogens (tertiary/aromatic N) is 3. The van der Waals surface area contributed by atoms with E-state index in [1.807, 2.05) is 37.3 Å². The lowest BCUT2D eigenvalue weighted by atomic mass is 10.2. The Morgan fingerprint density at radius 1 is 1.11 bits per heavy atom. The van der Waals surface area contributed by atoms with Crippen molar-refractivity contribution in [3.63, 3.8) is 0 Å². The zero-order chi connectivity index (χ0) is 19.7. The van der Waals surface area contributed by atoms with Crippen LogP contribution in [-0.2, 0) is 0 Å². The Hall–Kier alpha value is -4.00. The third-order valence-electron chi connectivity index (χ3n) is 4.23. The Morgan fingerprint density at radius 2 is 1.89 bits per heavy atom. The number of benzene rings is 3. The van der Waals surface area contributed by atoms with Crippen LogP contribution >= 0.6 is 0 Å². The van der Waals surface area contributed by atoms with Crippen molar-refractivity contribution >= 4 is 28.7 Å². The molecule has 0 unspecified atom stereocenters. The van der Waals surface area contributed by atoms with E-state index in [4.69, 9.17) is 4.42 Å². The van der Waals surface area contributed by atoms with E-state index in [9.17, 15) is 15.2 Å². The second-order valence-electron chi connectivity index (χ2n) is 6.25. The first kappa shape index (κ1) is 17.4. The minimum atomic E-state index is -0.698. The summed E-state index contributed by atoms with van der Waals surface area (Å²) in [4.78, 5) is 18.9. The van der Waals surface area contributed by atoms with Crippen LogP contribution in [0.25, 0.3) is 22.6 Å². The quantitative estimate of drug-likeness (QED) is 0.297. The highest BCUT2D eigenvalue weighted by atomic mass is 16.6. The van der Waals surface area contributed by atoms with Gasteiger partial charge in [-0.3, -0.25) is 15.1 Å². The van der Waals surface area contributed by atoms with Gasteiger partial charge in [0.15, 0.2) is 5.58 Å². The molecular formula is C21H14N3O4-. The van der Waals surface area contributed by atoms with Crippen LogP contribution in [0, 0.1) is 17.0 Å². The molecule has 0 saturated heterocycles. The van der Waals surface area contributed by atoms with Crippen LogP contribution < -0.4 is 5.11 Å².